The first kappa shape index (κ1) is 14.2. The van der Waals surface area contributed by atoms with Crippen molar-refractivity contribution in [3.63, 3.8) is 0 Å². The molecule has 1 heteroatoms. The fourth-order valence-corrected chi connectivity index (χ4v) is 3.02. The summed E-state index contributed by atoms with van der Waals surface area (Å²) in [4.78, 5) is 2.33. The zero-order valence-electron chi connectivity index (χ0n) is 11.9. The van der Waals surface area contributed by atoms with Crippen LogP contribution in [-0.4, -0.2) is 25.5 Å². The molecule has 0 unspecified atom stereocenters. The van der Waals surface area contributed by atoms with E-state index in [1.807, 2.05) is 0 Å². The van der Waals surface area contributed by atoms with Gasteiger partial charge in [-0.2, -0.15) is 0 Å². The lowest BCUT2D eigenvalue weighted by Crippen LogP contribution is -2.37. The fourth-order valence-electron chi connectivity index (χ4n) is 3.02. The van der Waals surface area contributed by atoms with Gasteiger partial charge in [-0.25, -0.2) is 0 Å². The van der Waals surface area contributed by atoms with Crippen LogP contribution in [0.25, 0.3) is 0 Å². The number of likely N-dealkylation sites (N-methyl/N-ethyl adjacent to an activating group) is 1. The fraction of sp³-hybridized carbons (Fsp3) is 0.625. The molecule has 0 fully saturated rings. The van der Waals surface area contributed by atoms with E-state index >= 15 is 0 Å². The highest BCUT2D eigenvalue weighted by Crippen LogP contribution is 2.34. The normalized spacial score (nSPS) is 12.1. The first-order valence-electron chi connectivity index (χ1n) is 6.85. The van der Waals surface area contributed by atoms with Crippen molar-refractivity contribution in [3.8, 4) is 0 Å². The minimum atomic E-state index is 0.342. The molecule has 0 aliphatic rings. The van der Waals surface area contributed by atoms with Gasteiger partial charge in [0.1, 0.15) is 0 Å². The minimum Gasteiger partial charge on any atom is -0.309 e. The number of nitrogens with zero attached hydrogens (tertiary/aromatic N) is 1. The molecular weight excluding hydrogens is 206 g/mol. The van der Waals surface area contributed by atoms with Crippen molar-refractivity contribution in [1.29, 1.82) is 0 Å². The Kier molecular flexibility index (Phi) is 5.70. The van der Waals surface area contributed by atoms with Crippen molar-refractivity contribution < 1.29 is 0 Å². The Morgan fingerprint density at radius 2 is 1.47 bits per heavy atom. The molecule has 0 saturated heterocycles. The predicted molar refractivity (Wildman–Crippen MR) is 76.5 cm³/mol. The van der Waals surface area contributed by atoms with Gasteiger partial charge in [-0.05, 0) is 32.5 Å². The molecule has 0 N–H and O–H groups in total. The molecule has 0 saturated carbocycles. The largest absolute Gasteiger partial charge is 0.309 e. The van der Waals surface area contributed by atoms with Crippen LogP contribution >= 0.6 is 0 Å². The third-order valence-corrected chi connectivity index (χ3v) is 3.46. The Labute approximate surface area is 107 Å². The highest BCUT2D eigenvalue weighted by atomic mass is 15.1. The highest BCUT2D eigenvalue weighted by molar-refractivity contribution is 5.26. The Morgan fingerprint density at radius 1 is 0.941 bits per heavy atom. The smallest absolute Gasteiger partial charge is 0.00798 e. The standard InChI is InChI=1S/C16H27N/c1-5-12-16(13-6-2,14-17(3)4)15-10-8-7-9-11-15/h7-11H,5-6,12-14H2,1-4H3. The lowest BCUT2D eigenvalue weighted by Gasteiger charge is -2.37. The summed E-state index contributed by atoms with van der Waals surface area (Å²) in [7, 11) is 4.37. The van der Waals surface area contributed by atoms with E-state index < -0.39 is 0 Å². The molecule has 0 radical (unpaired) electrons. The van der Waals surface area contributed by atoms with Gasteiger partial charge < -0.3 is 4.90 Å². The van der Waals surface area contributed by atoms with E-state index in [4.69, 9.17) is 0 Å². The maximum absolute atomic E-state index is 2.33. The van der Waals surface area contributed by atoms with Gasteiger partial charge in [0.05, 0.1) is 0 Å². The van der Waals surface area contributed by atoms with Crippen molar-refractivity contribution in [3.05, 3.63) is 35.9 Å². The van der Waals surface area contributed by atoms with E-state index in [0.29, 0.717) is 5.41 Å². The van der Waals surface area contributed by atoms with Crippen LogP contribution in [0.2, 0.25) is 0 Å². The van der Waals surface area contributed by atoms with Gasteiger partial charge in [-0.3, -0.25) is 0 Å². The van der Waals surface area contributed by atoms with Crippen LogP contribution in [-0.2, 0) is 5.41 Å². The predicted octanol–water partition coefficient (Wildman–Crippen LogP) is 4.09. The molecule has 1 nitrogen and oxygen atoms in total. The monoisotopic (exact) mass is 233 g/mol. The van der Waals surface area contributed by atoms with Crippen LogP contribution in [0.3, 0.4) is 0 Å². The Hall–Kier alpha value is -0.820. The SMILES string of the molecule is CCCC(CCC)(CN(C)C)c1ccccc1. The van der Waals surface area contributed by atoms with E-state index in [1.165, 1.54) is 31.2 Å². The average molecular weight is 233 g/mol. The van der Waals surface area contributed by atoms with E-state index in [9.17, 15) is 0 Å². The van der Waals surface area contributed by atoms with Gasteiger partial charge in [0.2, 0.25) is 0 Å². The van der Waals surface area contributed by atoms with Gasteiger partial charge in [0.25, 0.3) is 0 Å². The van der Waals surface area contributed by atoms with Gasteiger partial charge in [0, 0.05) is 12.0 Å². The molecule has 96 valence electrons. The quantitative estimate of drug-likeness (QED) is 0.686. The van der Waals surface area contributed by atoms with E-state index in [2.05, 4.69) is 63.2 Å². The lowest BCUT2D eigenvalue weighted by molar-refractivity contribution is 0.247. The van der Waals surface area contributed by atoms with Crippen LogP contribution in [0, 0.1) is 0 Å². The van der Waals surface area contributed by atoms with E-state index in [0.717, 1.165) is 6.54 Å². The van der Waals surface area contributed by atoms with Crippen LogP contribution in [0.1, 0.15) is 45.1 Å². The average Bonchev–Trinajstić information content (AvgIpc) is 2.30. The molecule has 0 atom stereocenters. The topological polar surface area (TPSA) is 3.24 Å². The molecule has 1 aromatic rings. The molecular formula is C16H27N. The number of benzene rings is 1. The molecule has 0 heterocycles. The molecule has 0 spiro atoms. The summed E-state index contributed by atoms with van der Waals surface area (Å²) in [5, 5.41) is 0. The molecule has 1 rings (SSSR count). The Balaban J connectivity index is 3.04. The number of hydrogen-bond acceptors (Lipinski definition) is 1. The van der Waals surface area contributed by atoms with Crippen molar-refractivity contribution >= 4 is 0 Å². The zero-order valence-corrected chi connectivity index (χ0v) is 11.9. The summed E-state index contributed by atoms with van der Waals surface area (Å²) >= 11 is 0. The molecule has 0 amide bonds. The molecule has 1 aromatic carbocycles. The number of rotatable bonds is 7. The Morgan fingerprint density at radius 3 is 1.88 bits per heavy atom. The molecule has 17 heavy (non-hydrogen) atoms. The van der Waals surface area contributed by atoms with Gasteiger partial charge in [-0.15, -0.1) is 0 Å². The van der Waals surface area contributed by atoms with E-state index in [1.54, 1.807) is 0 Å². The summed E-state index contributed by atoms with van der Waals surface area (Å²) in [6.45, 7) is 5.74. The molecule has 0 aliphatic heterocycles. The van der Waals surface area contributed by atoms with Crippen molar-refractivity contribution in [2.45, 2.75) is 44.9 Å². The third-order valence-electron chi connectivity index (χ3n) is 3.46. The van der Waals surface area contributed by atoms with Gasteiger partial charge in [-0.1, -0.05) is 57.0 Å². The Bertz CT molecular complexity index is 297. The second-order valence-corrected chi connectivity index (χ2v) is 5.38. The van der Waals surface area contributed by atoms with Crippen LogP contribution in [0.4, 0.5) is 0 Å². The van der Waals surface area contributed by atoms with Crippen molar-refractivity contribution in [2.75, 3.05) is 20.6 Å². The molecule has 0 aliphatic carbocycles. The summed E-state index contributed by atoms with van der Waals surface area (Å²) in [6.07, 6.45) is 5.07. The summed E-state index contributed by atoms with van der Waals surface area (Å²) in [6, 6.07) is 11.1. The maximum atomic E-state index is 2.33. The summed E-state index contributed by atoms with van der Waals surface area (Å²) in [5.41, 5.74) is 1.85. The summed E-state index contributed by atoms with van der Waals surface area (Å²) in [5.74, 6) is 0. The minimum absolute atomic E-state index is 0.342. The second kappa shape index (κ2) is 6.80. The second-order valence-electron chi connectivity index (χ2n) is 5.38. The first-order chi connectivity index (χ1) is 8.14. The maximum Gasteiger partial charge on any atom is 0.00798 e. The van der Waals surface area contributed by atoms with Crippen molar-refractivity contribution in [1.82, 2.24) is 4.90 Å². The third kappa shape index (κ3) is 3.85. The van der Waals surface area contributed by atoms with Gasteiger partial charge >= 0.3 is 0 Å². The van der Waals surface area contributed by atoms with Crippen molar-refractivity contribution in [2.24, 2.45) is 0 Å². The van der Waals surface area contributed by atoms with Gasteiger partial charge in [0.15, 0.2) is 0 Å². The van der Waals surface area contributed by atoms with Crippen LogP contribution in [0.15, 0.2) is 30.3 Å². The highest BCUT2D eigenvalue weighted by Gasteiger charge is 2.30. The molecule has 0 bridgehead atoms. The van der Waals surface area contributed by atoms with Crippen LogP contribution < -0.4 is 0 Å². The van der Waals surface area contributed by atoms with Crippen LogP contribution in [0.5, 0.6) is 0 Å². The first-order valence-corrected chi connectivity index (χ1v) is 6.85. The lowest BCUT2D eigenvalue weighted by atomic mass is 9.73. The summed E-state index contributed by atoms with van der Waals surface area (Å²) < 4.78 is 0. The zero-order chi connectivity index (χ0) is 12.7. The van der Waals surface area contributed by atoms with E-state index in [-0.39, 0.29) is 0 Å². The molecule has 0 aromatic heterocycles. The number of hydrogen-bond donors (Lipinski definition) is 0.